The second-order valence-corrected chi connectivity index (χ2v) is 6.27. The Balaban J connectivity index is 1.99. The molecule has 1 aliphatic rings. The van der Waals surface area contributed by atoms with E-state index in [1.807, 2.05) is 10.3 Å². The highest BCUT2D eigenvalue weighted by atomic mass is 79.9. The third-order valence-electron chi connectivity index (χ3n) is 2.85. The van der Waals surface area contributed by atoms with Gasteiger partial charge in [-0.1, -0.05) is 6.92 Å². The molecule has 1 aromatic rings. The molecule has 0 radical (unpaired) electrons. The second-order valence-electron chi connectivity index (χ2n) is 4.42. The Morgan fingerprint density at radius 2 is 2.53 bits per heavy atom. The molecule has 0 spiro atoms. The van der Waals surface area contributed by atoms with Crippen LogP contribution in [0.15, 0.2) is 15.9 Å². The molecule has 6 heteroatoms. The van der Waals surface area contributed by atoms with Gasteiger partial charge in [0.1, 0.15) is 0 Å². The minimum Gasteiger partial charge on any atom is -0.330 e. The number of halogens is 1. The van der Waals surface area contributed by atoms with E-state index in [0.29, 0.717) is 12.5 Å². The monoisotopic (exact) mass is 317 g/mol. The van der Waals surface area contributed by atoms with E-state index in [4.69, 9.17) is 5.73 Å². The molecule has 3 N–H and O–H groups in total. The molecule has 1 aromatic heterocycles. The molecular weight excluding hydrogens is 302 g/mol. The van der Waals surface area contributed by atoms with Gasteiger partial charge in [-0.05, 0) is 34.5 Å². The largest absolute Gasteiger partial charge is 0.330 e. The number of amides is 2. The van der Waals surface area contributed by atoms with Gasteiger partial charge in [-0.15, -0.1) is 11.3 Å². The van der Waals surface area contributed by atoms with E-state index in [-0.39, 0.29) is 12.1 Å². The Labute approximate surface area is 113 Å². The van der Waals surface area contributed by atoms with Gasteiger partial charge < -0.3 is 16.0 Å². The zero-order valence-electron chi connectivity index (χ0n) is 9.65. The maximum Gasteiger partial charge on any atom is 0.318 e. The van der Waals surface area contributed by atoms with Gasteiger partial charge in [0.2, 0.25) is 0 Å². The van der Waals surface area contributed by atoms with Crippen LogP contribution in [0.1, 0.15) is 17.8 Å². The van der Waals surface area contributed by atoms with Crippen LogP contribution in [0.2, 0.25) is 0 Å². The first-order valence-electron chi connectivity index (χ1n) is 5.59. The number of carbonyl (C=O) groups excluding carboxylic acids is 1. The Bertz CT molecular complexity index is 409. The Morgan fingerprint density at radius 3 is 3.12 bits per heavy atom. The summed E-state index contributed by atoms with van der Waals surface area (Å²) in [5.41, 5.74) is 5.58. The minimum absolute atomic E-state index is 0.0137. The van der Waals surface area contributed by atoms with Crippen LogP contribution in [0.25, 0.3) is 0 Å². The average Bonchev–Trinajstić information content (AvgIpc) is 2.86. The highest BCUT2D eigenvalue weighted by Crippen LogP contribution is 2.28. The van der Waals surface area contributed by atoms with Gasteiger partial charge in [-0.2, -0.15) is 0 Å². The third kappa shape index (κ3) is 3.00. The lowest BCUT2D eigenvalue weighted by Gasteiger charge is -2.18. The van der Waals surface area contributed by atoms with E-state index in [2.05, 4.69) is 34.2 Å². The SMILES string of the molecule is CC(CN)CN1CC(c2cc(Br)cs2)NC1=O. The minimum atomic E-state index is 0.0137. The van der Waals surface area contributed by atoms with E-state index in [1.165, 1.54) is 4.88 Å². The fourth-order valence-electron chi connectivity index (χ4n) is 1.87. The molecular formula is C11H16BrN3OS. The Morgan fingerprint density at radius 1 is 1.76 bits per heavy atom. The van der Waals surface area contributed by atoms with Crippen LogP contribution in [0.3, 0.4) is 0 Å². The van der Waals surface area contributed by atoms with Crippen molar-refractivity contribution in [2.75, 3.05) is 19.6 Å². The Hall–Kier alpha value is -0.590. The molecule has 0 aromatic carbocycles. The molecule has 1 saturated heterocycles. The van der Waals surface area contributed by atoms with Crippen LogP contribution in [-0.2, 0) is 0 Å². The fraction of sp³-hybridized carbons (Fsp3) is 0.545. The molecule has 2 amide bonds. The number of carbonyl (C=O) groups is 1. The van der Waals surface area contributed by atoms with Gasteiger partial charge >= 0.3 is 6.03 Å². The normalized spacial score (nSPS) is 21.7. The number of hydrogen-bond donors (Lipinski definition) is 2. The number of nitrogens with zero attached hydrogens (tertiary/aromatic N) is 1. The number of nitrogens with two attached hydrogens (primary N) is 1. The van der Waals surface area contributed by atoms with E-state index >= 15 is 0 Å². The number of thiophene rings is 1. The van der Waals surface area contributed by atoms with Crippen LogP contribution in [-0.4, -0.2) is 30.6 Å². The number of urea groups is 1. The molecule has 2 unspecified atom stereocenters. The van der Waals surface area contributed by atoms with Gasteiger partial charge in [-0.3, -0.25) is 0 Å². The number of hydrogen-bond acceptors (Lipinski definition) is 3. The highest BCUT2D eigenvalue weighted by Gasteiger charge is 2.30. The predicted octanol–water partition coefficient (Wildman–Crippen LogP) is 2.17. The van der Waals surface area contributed by atoms with Crippen LogP contribution in [0.4, 0.5) is 4.79 Å². The van der Waals surface area contributed by atoms with Crippen molar-refractivity contribution in [3.8, 4) is 0 Å². The first-order valence-corrected chi connectivity index (χ1v) is 7.27. The molecule has 1 aliphatic heterocycles. The average molecular weight is 318 g/mol. The topological polar surface area (TPSA) is 58.4 Å². The van der Waals surface area contributed by atoms with E-state index in [0.717, 1.165) is 17.6 Å². The molecule has 0 bridgehead atoms. The van der Waals surface area contributed by atoms with Gasteiger partial charge in [-0.25, -0.2) is 4.79 Å². The third-order valence-corrected chi connectivity index (χ3v) is 4.66. The lowest BCUT2D eigenvalue weighted by Crippen LogP contribution is -2.34. The van der Waals surface area contributed by atoms with Crippen molar-refractivity contribution >= 4 is 33.3 Å². The summed E-state index contributed by atoms with van der Waals surface area (Å²) < 4.78 is 1.07. The maximum atomic E-state index is 11.8. The van der Waals surface area contributed by atoms with Gasteiger partial charge in [0.25, 0.3) is 0 Å². The molecule has 2 atom stereocenters. The summed E-state index contributed by atoms with van der Waals surface area (Å²) in [5, 5.41) is 5.03. The summed E-state index contributed by atoms with van der Waals surface area (Å²) in [6, 6.07) is 2.19. The molecule has 17 heavy (non-hydrogen) atoms. The first kappa shape index (κ1) is 12.9. The summed E-state index contributed by atoms with van der Waals surface area (Å²) in [4.78, 5) is 14.8. The molecule has 94 valence electrons. The van der Waals surface area contributed by atoms with Crippen molar-refractivity contribution in [3.63, 3.8) is 0 Å². The summed E-state index contributed by atoms with van der Waals surface area (Å²) >= 11 is 5.09. The van der Waals surface area contributed by atoms with Crippen molar-refractivity contribution in [1.82, 2.24) is 10.2 Å². The van der Waals surface area contributed by atoms with Crippen molar-refractivity contribution in [1.29, 1.82) is 0 Å². The lowest BCUT2D eigenvalue weighted by atomic mass is 10.1. The number of rotatable bonds is 4. The second kappa shape index (κ2) is 5.37. The van der Waals surface area contributed by atoms with Crippen LogP contribution in [0, 0.1) is 5.92 Å². The van der Waals surface area contributed by atoms with Gasteiger partial charge in [0.05, 0.1) is 6.04 Å². The first-order chi connectivity index (χ1) is 8.10. The molecule has 2 rings (SSSR count). The van der Waals surface area contributed by atoms with Gasteiger partial charge in [0, 0.05) is 27.8 Å². The molecule has 1 fully saturated rings. The van der Waals surface area contributed by atoms with Gasteiger partial charge in [0.15, 0.2) is 0 Å². The fourth-order valence-corrected chi connectivity index (χ4v) is 3.36. The van der Waals surface area contributed by atoms with Crippen LogP contribution in [0.5, 0.6) is 0 Å². The molecule has 0 saturated carbocycles. The quantitative estimate of drug-likeness (QED) is 0.894. The molecule has 2 heterocycles. The highest BCUT2D eigenvalue weighted by molar-refractivity contribution is 9.10. The van der Waals surface area contributed by atoms with Crippen LogP contribution >= 0.6 is 27.3 Å². The zero-order chi connectivity index (χ0) is 12.4. The standard InChI is InChI=1S/C11H16BrN3OS/c1-7(3-13)4-15-5-9(14-11(15)16)10-2-8(12)6-17-10/h2,6-7,9H,3-5,13H2,1H3,(H,14,16). The zero-order valence-corrected chi connectivity index (χ0v) is 12.1. The number of nitrogens with one attached hydrogen (secondary N) is 1. The summed E-state index contributed by atoms with van der Waals surface area (Å²) in [6.07, 6.45) is 0. The van der Waals surface area contributed by atoms with E-state index in [9.17, 15) is 4.79 Å². The smallest absolute Gasteiger partial charge is 0.318 e. The maximum absolute atomic E-state index is 11.8. The Kier molecular flexibility index (Phi) is 4.06. The van der Waals surface area contributed by atoms with Crippen LogP contribution < -0.4 is 11.1 Å². The molecule has 0 aliphatic carbocycles. The van der Waals surface area contributed by atoms with Crippen molar-refractivity contribution in [2.45, 2.75) is 13.0 Å². The predicted molar refractivity (Wildman–Crippen MR) is 73.1 cm³/mol. The molecule has 4 nitrogen and oxygen atoms in total. The summed E-state index contributed by atoms with van der Waals surface area (Å²) in [7, 11) is 0. The lowest BCUT2D eigenvalue weighted by molar-refractivity contribution is 0.211. The van der Waals surface area contributed by atoms with Crippen molar-refractivity contribution in [2.24, 2.45) is 11.7 Å². The van der Waals surface area contributed by atoms with E-state index in [1.54, 1.807) is 11.3 Å². The summed E-state index contributed by atoms with van der Waals surface area (Å²) in [5.74, 6) is 0.342. The van der Waals surface area contributed by atoms with E-state index < -0.39 is 0 Å². The summed E-state index contributed by atoms with van der Waals surface area (Å²) in [6.45, 7) is 4.13. The van der Waals surface area contributed by atoms with Crippen molar-refractivity contribution in [3.05, 3.63) is 20.8 Å². The van der Waals surface area contributed by atoms with Crippen molar-refractivity contribution < 1.29 is 4.79 Å².